The first-order chi connectivity index (χ1) is 7.37. The van der Waals surface area contributed by atoms with Crippen molar-refractivity contribution in [2.45, 2.75) is 52.9 Å². The number of hydrogen-bond acceptors (Lipinski definition) is 3. The van der Waals surface area contributed by atoms with Gasteiger partial charge in [0.15, 0.2) is 0 Å². The van der Waals surface area contributed by atoms with Gasteiger partial charge in [0.25, 0.3) is 0 Å². The lowest BCUT2D eigenvalue weighted by Crippen LogP contribution is -2.18. The maximum atomic E-state index is 10.5. The van der Waals surface area contributed by atoms with Crippen molar-refractivity contribution < 1.29 is 17.2 Å². The minimum Gasteiger partial charge on any atom is -0.264 e. The van der Waals surface area contributed by atoms with Gasteiger partial charge in [-0.05, 0) is 18.3 Å². The summed E-state index contributed by atoms with van der Waals surface area (Å²) in [5.74, 6) is 0.558. The topological polar surface area (TPSA) is 63.6 Å². The molecule has 98 valence electrons. The molecule has 0 rings (SSSR count). The predicted octanol–water partition coefficient (Wildman–Crippen LogP) is 3.05. The SMILES string of the molecule is CCCCCCC(COS(=O)(=O)O)C(C)C. The Morgan fingerprint density at radius 2 is 1.81 bits per heavy atom. The molecule has 1 atom stereocenters. The second-order valence-electron chi connectivity index (χ2n) is 4.57. The Kier molecular flexibility index (Phi) is 7.97. The molecule has 0 saturated heterocycles. The first-order valence-corrected chi connectivity index (χ1v) is 7.35. The zero-order chi connectivity index (χ0) is 12.6. The lowest BCUT2D eigenvalue weighted by molar-refractivity contribution is 0.182. The molecule has 0 radical (unpaired) electrons. The van der Waals surface area contributed by atoms with Gasteiger partial charge in [-0.2, -0.15) is 8.42 Å². The summed E-state index contributed by atoms with van der Waals surface area (Å²) in [6, 6.07) is 0. The third-order valence-corrected chi connectivity index (χ3v) is 3.24. The van der Waals surface area contributed by atoms with Crippen LogP contribution in [0.4, 0.5) is 0 Å². The van der Waals surface area contributed by atoms with Crippen molar-refractivity contribution in [2.75, 3.05) is 6.61 Å². The summed E-state index contributed by atoms with van der Waals surface area (Å²) in [6.45, 7) is 6.32. The Bertz CT molecular complexity index is 259. The molecule has 0 aromatic carbocycles. The minimum atomic E-state index is -4.29. The monoisotopic (exact) mass is 252 g/mol. The van der Waals surface area contributed by atoms with Crippen LogP contribution in [0, 0.1) is 11.8 Å². The Hall–Kier alpha value is -0.130. The van der Waals surface area contributed by atoms with Crippen molar-refractivity contribution in [3.05, 3.63) is 0 Å². The molecule has 0 aliphatic rings. The lowest BCUT2D eigenvalue weighted by Gasteiger charge is -2.19. The minimum absolute atomic E-state index is 0.0859. The Balaban J connectivity index is 3.89. The molecule has 0 saturated carbocycles. The molecular weight excluding hydrogens is 228 g/mol. The summed E-state index contributed by atoms with van der Waals surface area (Å²) in [5, 5.41) is 0. The average Bonchev–Trinajstić information content (AvgIpc) is 2.14. The van der Waals surface area contributed by atoms with Crippen LogP contribution in [-0.2, 0) is 14.6 Å². The van der Waals surface area contributed by atoms with E-state index in [4.69, 9.17) is 4.55 Å². The molecule has 4 nitrogen and oxygen atoms in total. The first-order valence-electron chi connectivity index (χ1n) is 5.98. The molecule has 0 aromatic rings. The molecule has 0 aliphatic carbocycles. The molecular formula is C11H24O4S. The second-order valence-corrected chi connectivity index (χ2v) is 5.66. The third kappa shape index (κ3) is 9.12. The number of rotatable bonds is 9. The number of unbranched alkanes of at least 4 members (excludes halogenated alkanes) is 3. The third-order valence-electron chi connectivity index (χ3n) is 2.80. The summed E-state index contributed by atoms with van der Waals surface area (Å²) in [7, 11) is -4.29. The normalized spacial score (nSPS) is 14.3. The van der Waals surface area contributed by atoms with E-state index in [1.54, 1.807) is 0 Å². The molecule has 0 fully saturated rings. The van der Waals surface area contributed by atoms with Crippen molar-refractivity contribution in [3.8, 4) is 0 Å². The molecule has 0 heterocycles. The van der Waals surface area contributed by atoms with E-state index in [0.717, 1.165) is 12.8 Å². The van der Waals surface area contributed by atoms with E-state index in [9.17, 15) is 8.42 Å². The molecule has 0 aromatic heterocycles. The second kappa shape index (κ2) is 8.03. The van der Waals surface area contributed by atoms with Gasteiger partial charge in [0.05, 0.1) is 6.61 Å². The van der Waals surface area contributed by atoms with Crippen molar-refractivity contribution >= 4 is 10.4 Å². The van der Waals surface area contributed by atoms with Crippen LogP contribution in [-0.4, -0.2) is 19.6 Å². The molecule has 1 unspecified atom stereocenters. The lowest BCUT2D eigenvalue weighted by atomic mass is 9.91. The van der Waals surface area contributed by atoms with Crippen molar-refractivity contribution in [3.63, 3.8) is 0 Å². The average molecular weight is 252 g/mol. The van der Waals surface area contributed by atoms with Crippen LogP contribution in [0.1, 0.15) is 52.9 Å². The van der Waals surface area contributed by atoms with Gasteiger partial charge in [-0.1, -0.05) is 46.5 Å². The van der Waals surface area contributed by atoms with E-state index in [1.165, 1.54) is 19.3 Å². The highest BCUT2D eigenvalue weighted by Gasteiger charge is 2.16. The van der Waals surface area contributed by atoms with Gasteiger partial charge in [-0.3, -0.25) is 4.55 Å². The van der Waals surface area contributed by atoms with Crippen LogP contribution in [0.3, 0.4) is 0 Å². The molecule has 0 bridgehead atoms. The quantitative estimate of drug-likeness (QED) is 0.506. The fourth-order valence-corrected chi connectivity index (χ4v) is 1.96. The van der Waals surface area contributed by atoms with Crippen LogP contribution < -0.4 is 0 Å². The molecule has 0 aliphatic heterocycles. The fourth-order valence-electron chi connectivity index (χ4n) is 1.62. The van der Waals surface area contributed by atoms with Crippen molar-refractivity contribution in [1.82, 2.24) is 0 Å². The standard InChI is InChI=1S/C11H24O4S/c1-4-5-6-7-8-11(10(2)3)9-15-16(12,13)14/h10-11H,4-9H2,1-3H3,(H,12,13,14). The fraction of sp³-hybridized carbons (Fsp3) is 1.00. The first kappa shape index (κ1) is 15.9. The largest absolute Gasteiger partial charge is 0.397 e. The van der Waals surface area contributed by atoms with E-state index in [1.807, 2.05) is 13.8 Å². The van der Waals surface area contributed by atoms with Crippen LogP contribution in [0.2, 0.25) is 0 Å². The maximum Gasteiger partial charge on any atom is 0.397 e. The van der Waals surface area contributed by atoms with Crippen molar-refractivity contribution in [1.29, 1.82) is 0 Å². The van der Waals surface area contributed by atoms with E-state index in [0.29, 0.717) is 5.92 Å². The molecule has 1 N–H and O–H groups in total. The number of hydrogen-bond donors (Lipinski definition) is 1. The van der Waals surface area contributed by atoms with Gasteiger partial charge in [-0.25, -0.2) is 4.18 Å². The highest BCUT2D eigenvalue weighted by atomic mass is 32.3. The Morgan fingerprint density at radius 1 is 1.19 bits per heavy atom. The summed E-state index contributed by atoms with van der Waals surface area (Å²) in [4.78, 5) is 0. The highest BCUT2D eigenvalue weighted by Crippen LogP contribution is 2.20. The van der Waals surface area contributed by atoms with E-state index in [2.05, 4.69) is 11.1 Å². The predicted molar refractivity (Wildman–Crippen MR) is 64.6 cm³/mol. The van der Waals surface area contributed by atoms with E-state index >= 15 is 0 Å². The van der Waals surface area contributed by atoms with Gasteiger partial charge in [0.2, 0.25) is 0 Å². The van der Waals surface area contributed by atoms with Gasteiger partial charge in [0, 0.05) is 0 Å². The van der Waals surface area contributed by atoms with Crippen LogP contribution in [0.25, 0.3) is 0 Å². The van der Waals surface area contributed by atoms with E-state index in [-0.39, 0.29) is 12.5 Å². The Morgan fingerprint density at radius 3 is 2.25 bits per heavy atom. The molecule has 0 amide bonds. The highest BCUT2D eigenvalue weighted by molar-refractivity contribution is 7.80. The zero-order valence-corrected chi connectivity index (χ0v) is 11.3. The smallest absolute Gasteiger partial charge is 0.264 e. The van der Waals surface area contributed by atoms with Crippen LogP contribution in [0.15, 0.2) is 0 Å². The summed E-state index contributed by atoms with van der Waals surface area (Å²) >= 11 is 0. The summed E-state index contributed by atoms with van der Waals surface area (Å²) < 4.78 is 33.9. The van der Waals surface area contributed by atoms with Gasteiger partial charge in [-0.15, -0.1) is 0 Å². The molecule has 5 heteroatoms. The molecule has 0 spiro atoms. The summed E-state index contributed by atoms with van der Waals surface area (Å²) in [5.41, 5.74) is 0. The zero-order valence-electron chi connectivity index (χ0n) is 10.5. The van der Waals surface area contributed by atoms with Gasteiger partial charge < -0.3 is 0 Å². The maximum absolute atomic E-state index is 10.5. The van der Waals surface area contributed by atoms with Crippen molar-refractivity contribution in [2.24, 2.45) is 11.8 Å². The van der Waals surface area contributed by atoms with Crippen LogP contribution >= 0.6 is 0 Å². The Labute approximate surface area is 99.3 Å². The van der Waals surface area contributed by atoms with Gasteiger partial charge >= 0.3 is 10.4 Å². The summed E-state index contributed by atoms with van der Waals surface area (Å²) in [6.07, 6.45) is 5.61. The van der Waals surface area contributed by atoms with Crippen LogP contribution in [0.5, 0.6) is 0 Å². The van der Waals surface area contributed by atoms with E-state index < -0.39 is 10.4 Å². The molecule has 16 heavy (non-hydrogen) atoms. The van der Waals surface area contributed by atoms with Gasteiger partial charge in [0.1, 0.15) is 0 Å².